The van der Waals surface area contributed by atoms with Crippen LogP contribution in [0, 0.1) is 12.7 Å². The quantitative estimate of drug-likeness (QED) is 0.705. The van der Waals surface area contributed by atoms with Crippen molar-refractivity contribution in [1.29, 1.82) is 0 Å². The highest BCUT2D eigenvalue weighted by molar-refractivity contribution is 9.10. The largest absolute Gasteiger partial charge is 0.305 e. The lowest BCUT2D eigenvalue weighted by Crippen LogP contribution is -2.23. The summed E-state index contributed by atoms with van der Waals surface area (Å²) in [4.78, 5) is 2.24. The normalized spacial score (nSPS) is 12.7. The average Bonchev–Trinajstić information content (AvgIpc) is 2.73. The van der Waals surface area contributed by atoms with Crippen LogP contribution in [0.25, 0.3) is 0 Å². The van der Waals surface area contributed by atoms with E-state index in [1.54, 1.807) is 23.5 Å². The molecular weight excluding hydrogens is 361 g/mol. The first-order valence-electron chi connectivity index (χ1n) is 6.47. The Kier molecular flexibility index (Phi) is 5.61. The fourth-order valence-corrected chi connectivity index (χ4v) is 3.96. The Balaban J connectivity index is 2.47. The Labute approximate surface area is 136 Å². The predicted molar refractivity (Wildman–Crippen MR) is 88.3 cm³/mol. The zero-order valence-electron chi connectivity index (χ0n) is 11.3. The van der Waals surface area contributed by atoms with Crippen molar-refractivity contribution in [3.8, 4) is 0 Å². The predicted octanol–water partition coefficient (Wildman–Crippen LogP) is 5.70. The van der Waals surface area contributed by atoms with Crippen LogP contribution in [0.4, 0.5) is 4.39 Å². The molecule has 1 unspecified atom stereocenters. The van der Waals surface area contributed by atoms with Gasteiger partial charge in [-0.2, -0.15) is 0 Å². The Morgan fingerprint density at radius 2 is 2.20 bits per heavy atom. The molecule has 0 aliphatic carbocycles. The van der Waals surface area contributed by atoms with Crippen molar-refractivity contribution in [2.75, 3.05) is 6.54 Å². The van der Waals surface area contributed by atoms with E-state index in [-0.39, 0.29) is 11.9 Å². The van der Waals surface area contributed by atoms with Crippen molar-refractivity contribution in [1.82, 2.24) is 5.32 Å². The van der Waals surface area contributed by atoms with Crippen LogP contribution in [-0.2, 0) is 0 Å². The van der Waals surface area contributed by atoms with Gasteiger partial charge in [-0.15, -0.1) is 11.3 Å². The van der Waals surface area contributed by atoms with Crippen LogP contribution >= 0.6 is 38.9 Å². The lowest BCUT2D eigenvalue weighted by Gasteiger charge is -2.19. The van der Waals surface area contributed by atoms with Gasteiger partial charge in [0.15, 0.2) is 0 Å². The second kappa shape index (κ2) is 7.03. The summed E-state index contributed by atoms with van der Waals surface area (Å²) in [5, 5.41) is 3.85. The minimum atomic E-state index is -0.270. The number of thiophene rings is 1. The number of halogens is 3. The maximum Gasteiger partial charge on any atom is 0.129 e. The van der Waals surface area contributed by atoms with E-state index in [0.29, 0.717) is 10.6 Å². The zero-order valence-corrected chi connectivity index (χ0v) is 14.5. The van der Waals surface area contributed by atoms with Crippen LogP contribution < -0.4 is 5.32 Å². The molecule has 0 saturated heterocycles. The van der Waals surface area contributed by atoms with Crippen molar-refractivity contribution in [3.05, 3.63) is 54.9 Å². The maximum absolute atomic E-state index is 14.2. The summed E-state index contributed by atoms with van der Waals surface area (Å²) in [5.74, 6) is -0.270. The number of nitrogens with one attached hydrogen (secondary N) is 1. The molecule has 0 radical (unpaired) electrons. The van der Waals surface area contributed by atoms with Crippen LogP contribution in [0.1, 0.15) is 34.7 Å². The lowest BCUT2D eigenvalue weighted by molar-refractivity contribution is 0.551. The average molecular weight is 377 g/mol. The molecule has 1 aromatic carbocycles. The molecule has 20 heavy (non-hydrogen) atoms. The number of rotatable bonds is 5. The summed E-state index contributed by atoms with van der Waals surface area (Å²) in [5.41, 5.74) is 0.524. The molecule has 0 bridgehead atoms. The summed E-state index contributed by atoms with van der Waals surface area (Å²) in [6, 6.07) is 6.65. The molecule has 0 aliphatic heterocycles. The fraction of sp³-hybridized carbons (Fsp3) is 0.333. The van der Waals surface area contributed by atoms with Crippen LogP contribution in [0.5, 0.6) is 0 Å². The number of aryl methyl sites for hydroxylation is 1. The number of hydrogen-bond donors (Lipinski definition) is 1. The van der Waals surface area contributed by atoms with Crippen LogP contribution in [0.15, 0.2) is 28.7 Å². The van der Waals surface area contributed by atoms with Crippen molar-refractivity contribution in [2.24, 2.45) is 0 Å². The second-order valence-corrected chi connectivity index (χ2v) is 7.12. The van der Waals surface area contributed by atoms with Crippen molar-refractivity contribution in [3.63, 3.8) is 0 Å². The van der Waals surface area contributed by atoms with Gasteiger partial charge in [-0.1, -0.05) is 24.6 Å². The lowest BCUT2D eigenvalue weighted by atomic mass is 10.0. The standard InChI is InChI=1S/C15H16BrClFNS/c1-3-7-19-15(13-8-10(16)9(2)20-13)14-11(17)5-4-6-12(14)18/h4-6,8,15,19H,3,7H2,1-2H3. The first-order chi connectivity index (χ1) is 9.54. The maximum atomic E-state index is 14.2. The van der Waals surface area contributed by atoms with Crippen molar-refractivity contribution >= 4 is 38.9 Å². The molecule has 1 aromatic heterocycles. The minimum absolute atomic E-state index is 0.210. The molecule has 2 aromatic rings. The SMILES string of the molecule is CCCNC(c1cc(Br)c(C)s1)c1c(F)cccc1Cl. The van der Waals surface area contributed by atoms with Gasteiger partial charge in [-0.25, -0.2) is 4.39 Å². The molecule has 0 amide bonds. The Morgan fingerprint density at radius 1 is 1.45 bits per heavy atom. The van der Waals surface area contributed by atoms with E-state index in [0.717, 1.165) is 22.3 Å². The van der Waals surface area contributed by atoms with Gasteiger partial charge in [0.25, 0.3) is 0 Å². The van der Waals surface area contributed by atoms with Gasteiger partial charge in [-0.3, -0.25) is 0 Å². The minimum Gasteiger partial charge on any atom is -0.305 e. The summed E-state index contributed by atoms with van der Waals surface area (Å²) < 4.78 is 15.2. The van der Waals surface area contributed by atoms with E-state index < -0.39 is 0 Å². The van der Waals surface area contributed by atoms with Gasteiger partial charge in [0.05, 0.1) is 6.04 Å². The molecule has 2 rings (SSSR count). The molecule has 5 heteroatoms. The third-order valence-corrected chi connectivity index (χ3v) is 5.58. The van der Waals surface area contributed by atoms with Crippen LogP contribution in [0.3, 0.4) is 0 Å². The molecule has 1 atom stereocenters. The summed E-state index contributed by atoms with van der Waals surface area (Å²) in [7, 11) is 0. The summed E-state index contributed by atoms with van der Waals surface area (Å²) in [6.07, 6.45) is 0.980. The monoisotopic (exact) mass is 375 g/mol. The molecule has 1 N–H and O–H groups in total. The molecule has 1 nitrogen and oxygen atoms in total. The van der Waals surface area contributed by atoms with Crippen LogP contribution in [0.2, 0.25) is 5.02 Å². The zero-order chi connectivity index (χ0) is 14.7. The Hall–Kier alpha value is -0.420. The van der Waals surface area contributed by atoms with E-state index in [2.05, 4.69) is 28.2 Å². The molecule has 0 aliphatic rings. The number of hydrogen-bond acceptors (Lipinski definition) is 2. The second-order valence-electron chi connectivity index (χ2n) is 4.58. The van der Waals surface area contributed by atoms with E-state index in [1.165, 1.54) is 10.9 Å². The molecule has 0 spiro atoms. The summed E-state index contributed by atoms with van der Waals surface area (Å²) >= 11 is 11.4. The molecule has 0 fully saturated rings. The molecule has 108 valence electrons. The van der Waals surface area contributed by atoms with Crippen molar-refractivity contribution < 1.29 is 4.39 Å². The first kappa shape index (κ1) is 16.0. The third kappa shape index (κ3) is 3.42. The van der Waals surface area contributed by atoms with Gasteiger partial charge in [0.1, 0.15) is 5.82 Å². The van der Waals surface area contributed by atoms with Crippen molar-refractivity contribution in [2.45, 2.75) is 26.3 Å². The Morgan fingerprint density at radius 3 is 2.75 bits per heavy atom. The third-order valence-electron chi connectivity index (χ3n) is 3.05. The van der Waals surface area contributed by atoms with Gasteiger partial charge in [-0.05, 0) is 54.0 Å². The smallest absolute Gasteiger partial charge is 0.129 e. The topological polar surface area (TPSA) is 12.0 Å². The highest BCUT2D eigenvalue weighted by Crippen LogP contribution is 2.37. The van der Waals surface area contributed by atoms with E-state index in [9.17, 15) is 4.39 Å². The van der Waals surface area contributed by atoms with Gasteiger partial charge in [0, 0.05) is 24.8 Å². The molecule has 1 heterocycles. The highest BCUT2D eigenvalue weighted by atomic mass is 79.9. The van der Waals surface area contributed by atoms with Gasteiger partial charge in [0.2, 0.25) is 0 Å². The Bertz CT molecular complexity index is 560. The van der Waals surface area contributed by atoms with Gasteiger partial charge < -0.3 is 5.32 Å². The fourth-order valence-electron chi connectivity index (χ4n) is 2.04. The molecule has 0 saturated carbocycles. The van der Waals surface area contributed by atoms with E-state index >= 15 is 0 Å². The van der Waals surface area contributed by atoms with Gasteiger partial charge >= 0.3 is 0 Å². The summed E-state index contributed by atoms with van der Waals surface area (Å²) in [6.45, 7) is 4.94. The number of benzene rings is 1. The molecular formula is C15H16BrClFNS. The van der Waals surface area contributed by atoms with Crippen LogP contribution in [-0.4, -0.2) is 6.54 Å². The van der Waals surface area contributed by atoms with E-state index in [1.807, 2.05) is 13.0 Å². The first-order valence-corrected chi connectivity index (χ1v) is 8.46. The van der Waals surface area contributed by atoms with E-state index in [4.69, 9.17) is 11.6 Å². The highest BCUT2D eigenvalue weighted by Gasteiger charge is 2.22.